The lowest BCUT2D eigenvalue weighted by Gasteiger charge is -2.37. The fourth-order valence-corrected chi connectivity index (χ4v) is 3.04. The number of likely N-dealkylation sites (tertiary alicyclic amines) is 1. The second kappa shape index (κ2) is 6.18. The molecule has 0 saturated carbocycles. The molecule has 5 heteroatoms. The van der Waals surface area contributed by atoms with Crippen LogP contribution in [0.5, 0.6) is 0 Å². The Labute approximate surface area is 131 Å². The number of pyridine rings is 1. The molecule has 0 aliphatic carbocycles. The third-order valence-corrected chi connectivity index (χ3v) is 4.64. The zero-order chi connectivity index (χ0) is 15.6. The van der Waals surface area contributed by atoms with Crippen LogP contribution in [0.25, 0.3) is 0 Å². The molecule has 1 N–H and O–H groups in total. The summed E-state index contributed by atoms with van der Waals surface area (Å²) < 4.78 is 2.07. The predicted molar refractivity (Wildman–Crippen MR) is 85.5 cm³/mol. The maximum absolute atomic E-state index is 10.8. The van der Waals surface area contributed by atoms with Gasteiger partial charge in [-0.25, -0.2) is 4.98 Å². The van der Waals surface area contributed by atoms with Crippen molar-refractivity contribution < 1.29 is 5.11 Å². The molecule has 3 heterocycles. The van der Waals surface area contributed by atoms with Crippen LogP contribution in [-0.2, 0) is 19.1 Å². The first-order valence-electron chi connectivity index (χ1n) is 7.91. The van der Waals surface area contributed by atoms with Gasteiger partial charge in [0.15, 0.2) is 0 Å². The van der Waals surface area contributed by atoms with E-state index < -0.39 is 5.60 Å². The second-order valence-electron chi connectivity index (χ2n) is 6.30. The molecule has 3 rings (SSSR count). The molecule has 0 amide bonds. The molecule has 0 atom stereocenters. The van der Waals surface area contributed by atoms with Crippen LogP contribution in [0.4, 0.5) is 0 Å². The topological polar surface area (TPSA) is 54.2 Å². The molecule has 0 bridgehead atoms. The van der Waals surface area contributed by atoms with Gasteiger partial charge >= 0.3 is 0 Å². The summed E-state index contributed by atoms with van der Waals surface area (Å²) in [7, 11) is 2.03. The monoisotopic (exact) mass is 300 g/mol. The van der Waals surface area contributed by atoms with Crippen molar-refractivity contribution in [1.82, 2.24) is 19.4 Å². The molecule has 1 aliphatic heterocycles. The van der Waals surface area contributed by atoms with Crippen molar-refractivity contribution in [1.29, 1.82) is 0 Å². The van der Waals surface area contributed by atoms with E-state index in [1.54, 1.807) is 0 Å². The summed E-state index contributed by atoms with van der Waals surface area (Å²) in [5.41, 5.74) is 1.16. The van der Waals surface area contributed by atoms with Gasteiger partial charge in [-0.1, -0.05) is 6.07 Å². The van der Waals surface area contributed by atoms with Crippen LogP contribution in [0, 0.1) is 6.92 Å². The Morgan fingerprint density at radius 3 is 2.59 bits per heavy atom. The molecule has 2 aromatic heterocycles. The van der Waals surface area contributed by atoms with Crippen LogP contribution < -0.4 is 0 Å². The quantitative estimate of drug-likeness (QED) is 0.933. The van der Waals surface area contributed by atoms with Crippen molar-refractivity contribution in [3.05, 3.63) is 47.8 Å². The number of hydrogen-bond acceptors (Lipinski definition) is 4. The highest BCUT2D eigenvalue weighted by molar-refractivity contribution is 5.18. The SMILES string of the molecule is Cc1ccc(C2(O)CCN(CCc3nccn3C)CC2)nc1. The first-order valence-corrected chi connectivity index (χ1v) is 7.91. The zero-order valence-electron chi connectivity index (χ0n) is 13.4. The van der Waals surface area contributed by atoms with E-state index in [9.17, 15) is 5.11 Å². The van der Waals surface area contributed by atoms with Gasteiger partial charge in [0.2, 0.25) is 0 Å². The fraction of sp³-hybridized carbons (Fsp3) is 0.529. The lowest BCUT2D eigenvalue weighted by Crippen LogP contribution is -2.43. The minimum atomic E-state index is -0.770. The Balaban J connectivity index is 1.55. The number of hydrogen-bond donors (Lipinski definition) is 1. The summed E-state index contributed by atoms with van der Waals surface area (Å²) in [4.78, 5) is 11.2. The summed E-state index contributed by atoms with van der Waals surface area (Å²) in [6.45, 7) is 4.80. The van der Waals surface area contributed by atoms with Gasteiger partial charge in [0.25, 0.3) is 0 Å². The highest BCUT2D eigenvalue weighted by Gasteiger charge is 2.34. The molecule has 2 aromatic rings. The van der Waals surface area contributed by atoms with E-state index in [4.69, 9.17) is 0 Å². The molecule has 0 unspecified atom stereocenters. The lowest BCUT2D eigenvalue weighted by molar-refractivity contribution is -0.0291. The van der Waals surface area contributed by atoms with Gasteiger partial charge < -0.3 is 14.6 Å². The van der Waals surface area contributed by atoms with Gasteiger partial charge in [-0.05, 0) is 31.4 Å². The summed E-state index contributed by atoms with van der Waals surface area (Å²) in [5, 5.41) is 10.8. The van der Waals surface area contributed by atoms with E-state index in [0.717, 1.165) is 56.0 Å². The van der Waals surface area contributed by atoms with Crippen molar-refractivity contribution >= 4 is 0 Å². The van der Waals surface area contributed by atoms with Crippen LogP contribution in [0.3, 0.4) is 0 Å². The van der Waals surface area contributed by atoms with E-state index in [2.05, 4.69) is 19.4 Å². The van der Waals surface area contributed by atoms with Crippen LogP contribution in [0.2, 0.25) is 0 Å². The number of aromatic nitrogens is 3. The summed E-state index contributed by atoms with van der Waals surface area (Å²) in [6.07, 6.45) is 8.08. The van der Waals surface area contributed by atoms with Gasteiger partial charge in [0, 0.05) is 51.7 Å². The Hall–Kier alpha value is -1.72. The first-order chi connectivity index (χ1) is 10.6. The van der Waals surface area contributed by atoms with Crippen LogP contribution >= 0.6 is 0 Å². The van der Waals surface area contributed by atoms with Crippen molar-refractivity contribution in [3.63, 3.8) is 0 Å². The van der Waals surface area contributed by atoms with Gasteiger partial charge in [-0.15, -0.1) is 0 Å². The van der Waals surface area contributed by atoms with Crippen molar-refractivity contribution in [2.24, 2.45) is 7.05 Å². The van der Waals surface area contributed by atoms with Crippen molar-refractivity contribution in [2.75, 3.05) is 19.6 Å². The summed E-state index contributed by atoms with van der Waals surface area (Å²) >= 11 is 0. The molecule has 0 radical (unpaired) electrons. The number of aryl methyl sites for hydroxylation is 2. The van der Waals surface area contributed by atoms with Gasteiger partial charge in [-0.3, -0.25) is 4.98 Å². The highest BCUT2D eigenvalue weighted by Crippen LogP contribution is 2.31. The lowest BCUT2D eigenvalue weighted by atomic mass is 9.87. The van der Waals surface area contributed by atoms with Crippen LogP contribution in [-0.4, -0.2) is 44.2 Å². The molecule has 22 heavy (non-hydrogen) atoms. The van der Waals surface area contributed by atoms with E-state index >= 15 is 0 Å². The minimum absolute atomic E-state index is 0.740. The minimum Gasteiger partial charge on any atom is -0.383 e. The molecule has 0 aromatic carbocycles. The Morgan fingerprint density at radius 2 is 2.00 bits per heavy atom. The summed E-state index contributed by atoms with van der Waals surface area (Å²) in [6, 6.07) is 3.98. The van der Waals surface area contributed by atoms with E-state index in [1.807, 2.05) is 44.7 Å². The highest BCUT2D eigenvalue weighted by atomic mass is 16.3. The van der Waals surface area contributed by atoms with Crippen molar-refractivity contribution in [2.45, 2.75) is 31.8 Å². The molecule has 118 valence electrons. The maximum Gasteiger partial charge on any atom is 0.109 e. The van der Waals surface area contributed by atoms with Gasteiger partial charge in [0.05, 0.1) is 5.69 Å². The standard InChI is InChI=1S/C17H24N4O/c1-14-3-4-15(19-13-14)17(22)6-10-21(11-7-17)9-5-16-18-8-12-20(16)2/h3-4,8,12-13,22H,5-7,9-11H2,1-2H3. The molecule has 1 aliphatic rings. The largest absolute Gasteiger partial charge is 0.383 e. The van der Waals surface area contributed by atoms with Gasteiger partial charge in [0.1, 0.15) is 11.4 Å². The molecular formula is C17H24N4O. The number of nitrogens with zero attached hydrogens (tertiary/aromatic N) is 4. The Morgan fingerprint density at radius 1 is 1.23 bits per heavy atom. The van der Waals surface area contributed by atoms with Crippen LogP contribution in [0.1, 0.15) is 29.9 Å². The molecular weight excluding hydrogens is 276 g/mol. The van der Waals surface area contributed by atoms with E-state index in [0.29, 0.717) is 0 Å². The van der Waals surface area contributed by atoms with E-state index in [1.165, 1.54) is 0 Å². The van der Waals surface area contributed by atoms with Gasteiger partial charge in [-0.2, -0.15) is 0 Å². The fourth-order valence-electron chi connectivity index (χ4n) is 3.04. The molecule has 0 spiro atoms. The Kier molecular flexibility index (Phi) is 4.27. The smallest absolute Gasteiger partial charge is 0.109 e. The normalized spacial score (nSPS) is 18.5. The summed E-state index contributed by atoms with van der Waals surface area (Å²) in [5.74, 6) is 1.11. The average Bonchev–Trinajstić information content (AvgIpc) is 2.93. The molecule has 5 nitrogen and oxygen atoms in total. The predicted octanol–water partition coefficient (Wildman–Crippen LogP) is 1.65. The third kappa shape index (κ3) is 3.20. The van der Waals surface area contributed by atoms with Crippen molar-refractivity contribution in [3.8, 4) is 0 Å². The average molecular weight is 300 g/mol. The zero-order valence-corrected chi connectivity index (χ0v) is 13.4. The second-order valence-corrected chi connectivity index (χ2v) is 6.30. The maximum atomic E-state index is 10.8. The molecule has 1 saturated heterocycles. The first kappa shape index (κ1) is 15.2. The number of rotatable bonds is 4. The van der Waals surface area contributed by atoms with Crippen LogP contribution in [0.15, 0.2) is 30.7 Å². The van der Waals surface area contributed by atoms with E-state index in [-0.39, 0.29) is 0 Å². The number of piperidine rings is 1. The number of imidazole rings is 1. The third-order valence-electron chi connectivity index (χ3n) is 4.64. The molecule has 1 fully saturated rings. The number of aliphatic hydroxyl groups is 1. The Bertz CT molecular complexity index is 612.